The first-order chi connectivity index (χ1) is 14.2. The van der Waals surface area contributed by atoms with Gasteiger partial charge in [-0.05, 0) is 30.0 Å². The SMILES string of the molecule is O=C(NCC1CCN(C(=O)c2ccccc2-c2nn[nH]n2)CC1)c1cnccn1. The van der Waals surface area contributed by atoms with E-state index in [-0.39, 0.29) is 11.8 Å². The van der Waals surface area contributed by atoms with Crippen LogP contribution in [0.15, 0.2) is 42.9 Å². The molecule has 3 heterocycles. The summed E-state index contributed by atoms with van der Waals surface area (Å²) in [5, 5.41) is 16.9. The number of rotatable bonds is 5. The lowest BCUT2D eigenvalue weighted by molar-refractivity contribution is 0.0685. The van der Waals surface area contributed by atoms with E-state index in [2.05, 4.69) is 35.9 Å². The van der Waals surface area contributed by atoms with Crippen LogP contribution in [0.4, 0.5) is 0 Å². The molecule has 0 radical (unpaired) electrons. The van der Waals surface area contributed by atoms with Gasteiger partial charge in [-0.25, -0.2) is 4.98 Å². The molecule has 2 N–H and O–H groups in total. The van der Waals surface area contributed by atoms with Crippen molar-refractivity contribution in [3.8, 4) is 11.4 Å². The van der Waals surface area contributed by atoms with E-state index in [4.69, 9.17) is 0 Å². The number of piperidine rings is 1. The van der Waals surface area contributed by atoms with Crippen molar-refractivity contribution in [2.75, 3.05) is 19.6 Å². The monoisotopic (exact) mass is 392 g/mol. The number of hydrogen-bond acceptors (Lipinski definition) is 7. The molecule has 10 nitrogen and oxygen atoms in total. The Morgan fingerprint density at radius 3 is 2.72 bits per heavy atom. The summed E-state index contributed by atoms with van der Waals surface area (Å²) < 4.78 is 0. The number of benzene rings is 1. The van der Waals surface area contributed by atoms with Gasteiger partial charge in [-0.15, -0.1) is 10.2 Å². The Morgan fingerprint density at radius 1 is 1.17 bits per heavy atom. The van der Waals surface area contributed by atoms with E-state index in [0.29, 0.717) is 48.2 Å². The summed E-state index contributed by atoms with van der Waals surface area (Å²) in [5.74, 6) is 0.431. The van der Waals surface area contributed by atoms with Crippen LogP contribution in [0, 0.1) is 5.92 Å². The fourth-order valence-corrected chi connectivity index (χ4v) is 3.39. The van der Waals surface area contributed by atoms with Gasteiger partial charge in [-0.2, -0.15) is 5.21 Å². The zero-order chi connectivity index (χ0) is 20.1. The number of likely N-dealkylation sites (tertiary alicyclic amines) is 1. The Bertz CT molecular complexity index is 969. The third-order valence-electron chi connectivity index (χ3n) is 4.99. The van der Waals surface area contributed by atoms with Crippen molar-refractivity contribution < 1.29 is 9.59 Å². The van der Waals surface area contributed by atoms with Crippen molar-refractivity contribution in [1.82, 2.24) is 40.8 Å². The summed E-state index contributed by atoms with van der Waals surface area (Å²) in [6.07, 6.45) is 6.09. The highest BCUT2D eigenvalue weighted by Gasteiger charge is 2.26. The molecule has 0 spiro atoms. The predicted molar refractivity (Wildman–Crippen MR) is 103 cm³/mol. The topological polar surface area (TPSA) is 130 Å². The van der Waals surface area contributed by atoms with Crippen LogP contribution in [-0.2, 0) is 0 Å². The Labute approximate surface area is 166 Å². The first kappa shape index (κ1) is 18.7. The molecule has 0 atom stereocenters. The van der Waals surface area contributed by atoms with Gasteiger partial charge >= 0.3 is 0 Å². The lowest BCUT2D eigenvalue weighted by atomic mass is 9.95. The summed E-state index contributed by atoms with van der Waals surface area (Å²) in [7, 11) is 0. The van der Waals surface area contributed by atoms with Gasteiger partial charge < -0.3 is 10.2 Å². The Kier molecular flexibility index (Phi) is 5.50. The van der Waals surface area contributed by atoms with E-state index >= 15 is 0 Å². The maximum atomic E-state index is 13.0. The highest BCUT2D eigenvalue weighted by molar-refractivity contribution is 6.00. The van der Waals surface area contributed by atoms with E-state index in [1.807, 2.05) is 23.1 Å². The van der Waals surface area contributed by atoms with E-state index in [1.165, 1.54) is 18.6 Å². The van der Waals surface area contributed by atoms with Crippen molar-refractivity contribution in [3.63, 3.8) is 0 Å². The minimum Gasteiger partial charge on any atom is -0.350 e. The van der Waals surface area contributed by atoms with Gasteiger partial charge in [0.25, 0.3) is 11.8 Å². The number of nitrogens with zero attached hydrogens (tertiary/aromatic N) is 6. The van der Waals surface area contributed by atoms with Crippen LogP contribution in [0.5, 0.6) is 0 Å². The average Bonchev–Trinajstić information content (AvgIpc) is 3.33. The lowest BCUT2D eigenvalue weighted by Gasteiger charge is -2.32. The van der Waals surface area contributed by atoms with Crippen LogP contribution in [-0.4, -0.2) is 66.9 Å². The Balaban J connectivity index is 1.33. The maximum Gasteiger partial charge on any atom is 0.271 e. The fourth-order valence-electron chi connectivity index (χ4n) is 3.39. The molecule has 1 saturated heterocycles. The van der Waals surface area contributed by atoms with Gasteiger partial charge in [-0.3, -0.25) is 14.6 Å². The van der Waals surface area contributed by atoms with Gasteiger partial charge in [0.1, 0.15) is 5.69 Å². The highest BCUT2D eigenvalue weighted by atomic mass is 16.2. The zero-order valence-electron chi connectivity index (χ0n) is 15.7. The number of nitrogens with one attached hydrogen (secondary N) is 2. The molecule has 1 fully saturated rings. The number of tetrazole rings is 1. The van der Waals surface area contributed by atoms with Crippen LogP contribution < -0.4 is 5.32 Å². The van der Waals surface area contributed by atoms with Gasteiger partial charge in [0.05, 0.1) is 11.8 Å². The van der Waals surface area contributed by atoms with E-state index < -0.39 is 0 Å². The summed E-state index contributed by atoms with van der Waals surface area (Å²) in [4.78, 5) is 34.9. The molecule has 0 aliphatic carbocycles. The summed E-state index contributed by atoms with van der Waals surface area (Å²) in [5.41, 5.74) is 1.52. The second-order valence-electron chi connectivity index (χ2n) is 6.82. The number of aromatic amines is 1. The lowest BCUT2D eigenvalue weighted by Crippen LogP contribution is -2.41. The molecule has 0 saturated carbocycles. The number of hydrogen-bond donors (Lipinski definition) is 2. The van der Waals surface area contributed by atoms with Gasteiger partial charge in [0.2, 0.25) is 5.82 Å². The molecule has 1 aromatic carbocycles. The second kappa shape index (κ2) is 8.55. The molecule has 1 aliphatic rings. The van der Waals surface area contributed by atoms with E-state index in [0.717, 1.165) is 12.8 Å². The largest absolute Gasteiger partial charge is 0.350 e. The molecule has 148 valence electrons. The van der Waals surface area contributed by atoms with Gasteiger partial charge in [-0.1, -0.05) is 18.2 Å². The smallest absolute Gasteiger partial charge is 0.271 e. The van der Waals surface area contributed by atoms with Crippen LogP contribution in [0.3, 0.4) is 0 Å². The summed E-state index contributed by atoms with van der Waals surface area (Å²) in [6.45, 7) is 1.81. The first-order valence-electron chi connectivity index (χ1n) is 9.38. The minimum absolute atomic E-state index is 0.0487. The third-order valence-corrected chi connectivity index (χ3v) is 4.99. The summed E-state index contributed by atoms with van der Waals surface area (Å²) in [6, 6.07) is 7.26. The van der Waals surface area contributed by atoms with Crippen LogP contribution in [0.1, 0.15) is 33.7 Å². The normalized spacial score (nSPS) is 14.6. The molecule has 2 amide bonds. The molecule has 4 rings (SSSR count). The van der Waals surface area contributed by atoms with E-state index in [9.17, 15) is 9.59 Å². The van der Waals surface area contributed by atoms with Crippen molar-refractivity contribution in [2.24, 2.45) is 5.92 Å². The van der Waals surface area contributed by atoms with Crippen molar-refractivity contribution >= 4 is 11.8 Å². The van der Waals surface area contributed by atoms with Crippen LogP contribution in [0.2, 0.25) is 0 Å². The highest BCUT2D eigenvalue weighted by Crippen LogP contribution is 2.24. The molecule has 0 unspecified atom stereocenters. The molecule has 2 aromatic heterocycles. The zero-order valence-corrected chi connectivity index (χ0v) is 15.7. The van der Waals surface area contributed by atoms with Crippen molar-refractivity contribution in [1.29, 1.82) is 0 Å². The van der Waals surface area contributed by atoms with E-state index in [1.54, 1.807) is 6.07 Å². The van der Waals surface area contributed by atoms with Gasteiger partial charge in [0, 0.05) is 37.6 Å². The fraction of sp³-hybridized carbons (Fsp3) is 0.316. The minimum atomic E-state index is -0.231. The molecular weight excluding hydrogens is 372 g/mol. The number of amides is 2. The number of aromatic nitrogens is 6. The molecular formula is C19H20N8O2. The quantitative estimate of drug-likeness (QED) is 0.661. The van der Waals surface area contributed by atoms with Crippen LogP contribution in [0.25, 0.3) is 11.4 Å². The predicted octanol–water partition coefficient (Wildman–Crippen LogP) is 0.939. The average molecular weight is 392 g/mol. The molecule has 0 bridgehead atoms. The molecule has 1 aliphatic heterocycles. The van der Waals surface area contributed by atoms with Crippen molar-refractivity contribution in [2.45, 2.75) is 12.8 Å². The maximum absolute atomic E-state index is 13.0. The molecule has 10 heteroatoms. The summed E-state index contributed by atoms with van der Waals surface area (Å²) >= 11 is 0. The third kappa shape index (κ3) is 4.26. The Morgan fingerprint density at radius 2 is 2.00 bits per heavy atom. The Hall–Kier alpha value is -3.69. The number of H-pyrrole nitrogens is 1. The van der Waals surface area contributed by atoms with Gasteiger partial charge in [0.15, 0.2) is 0 Å². The number of carbonyl (C=O) groups is 2. The second-order valence-corrected chi connectivity index (χ2v) is 6.82. The standard InChI is InChI=1S/C19H20N8O2/c28-18(16-12-20-7-8-21-16)22-11-13-5-9-27(10-6-13)19(29)15-4-2-1-3-14(15)17-23-25-26-24-17/h1-4,7-8,12-13H,5-6,9-11H2,(H,22,28)(H,23,24,25,26). The molecule has 3 aromatic rings. The van der Waals surface area contributed by atoms with Crippen LogP contribution >= 0.6 is 0 Å². The first-order valence-corrected chi connectivity index (χ1v) is 9.38. The number of carbonyl (C=O) groups excluding carboxylic acids is 2. The molecule has 29 heavy (non-hydrogen) atoms. The van der Waals surface area contributed by atoms with Crippen molar-refractivity contribution in [3.05, 3.63) is 54.1 Å².